The van der Waals surface area contributed by atoms with Gasteiger partial charge in [-0.05, 0) is 41.7 Å². The van der Waals surface area contributed by atoms with Crippen molar-refractivity contribution in [3.05, 3.63) is 93.9 Å². The van der Waals surface area contributed by atoms with E-state index in [-0.39, 0.29) is 17.5 Å². The third kappa shape index (κ3) is 6.94. The van der Waals surface area contributed by atoms with Crippen LogP contribution in [0.15, 0.2) is 60.9 Å². The number of halogens is 10. The quantitative estimate of drug-likeness (QED) is 0.158. The van der Waals surface area contributed by atoms with Crippen molar-refractivity contribution in [2.45, 2.75) is 56.9 Å². The Kier molecular flexibility index (Phi) is 9.30. The predicted octanol–water partition coefficient (Wildman–Crippen LogP) is 6.77. The lowest BCUT2D eigenvalue weighted by atomic mass is 9.83. The van der Waals surface area contributed by atoms with Crippen LogP contribution in [0, 0.1) is 5.21 Å². The lowest BCUT2D eigenvalue weighted by Crippen LogP contribution is -2.53. The Morgan fingerprint density at radius 1 is 0.780 bits per heavy atom. The molecule has 5 nitrogen and oxygen atoms in total. The highest BCUT2D eigenvalue weighted by molar-refractivity contribution is 5.47. The second kappa shape index (κ2) is 12.0. The highest BCUT2D eigenvalue weighted by Crippen LogP contribution is 2.50. The molecule has 0 aliphatic carbocycles. The molecule has 224 valence electrons. The molecular formula is C26H21F10NO4. The predicted molar refractivity (Wildman–Crippen MR) is 122 cm³/mol. The Hall–Kier alpha value is -3.75. The third-order valence-electron chi connectivity index (χ3n) is 6.28. The molecule has 3 rings (SSSR count). The maximum Gasteiger partial charge on any atom is 0.430 e. The number of benzene rings is 2. The van der Waals surface area contributed by atoms with Gasteiger partial charge in [0.2, 0.25) is 0 Å². The van der Waals surface area contributed by atoms with Gasteiger partial charge in [0, 0.05) is 23.1 Å². The van der Waals surface area contributed by atoms with Crippen molar-refractivity contribution >= 4 is 0 Å². The highest BCUT2D eigenvalue weighted by Gasteiger charge is 2.71. The zero-order valence-corrected chi connectivity index (χ0v) is 20.8. The summed E-state index contributed by atoms with van der Waals surface area (Å²) in [5.41, 5.74) is -5.53. The maximum atomic E-state index is 13.4. The van der Waals surface area contributed by atoms with Crippen molar-refractivity contribution in [2.75, 3.05) is 0 Å². The van der Waals surface area contributed by atoms with E-state index in [4.69, 9.17) is 0 Å². The van der Waals surface area contributed by atoms with Crippen LogP contribution in [0.4, 0.5) is 43.9 Å². The number of rotatable bonds is 10. The van der Waals surface area contributed by atoms with Crippen molar-refractivity contribution in [3.8, 4) is 11.5 Å². The first-order valence-corrected chi connectivity index (χ1v) is 11.7. The number of hydrogen-bond donors (Lipinski definition) is 1. The molecule has 0 radical (unpaired) electrons. The van der Waals surface area contributed by atoms with Gasteiger partial charge in [-0.3, -0.25) is 0 Å². The number of ether oxygens (including phenoxy) is 2. The van der Waals surface area contributed by atoms with Gasteiger partial charge in [0.05, 0.1) is 0 Å². The van der Waals surface area contributed by atoms with E-state index in [1.54, 1.807) is 6.92 Å². The number of nitrogens with zero attached hydrogens (tertiary/aromatic N) is 1. The number of aryl methyl sites for hydroxylation is 1. The van der Waals surface area contributed by atoms with E-state index in [2.05, 4.69) is 9.47 Å². The van der Waals surface area contributed by atoms with Crippen molar-refractivity contribution in [1.82, 2.24) is 0 Å². The van der Waals surface area contributed by atoms with E-state index in [1.807, 2.05) is 0 Å². The summed E-state index contributed by atoms with van der Waals surface area (Å²) in [6, 6.07) is 7.01. The smallest absolute Gasteiger partial charge is 0.430 e. The maximum absolute atomic E-state index is 13.4. The molecule has 0 amide bonds. The van der Waals surface area contributed by atoms with Gasteiger partial charge in [-0.1, -0.05) is 37.3 Å². The molecule has 0 saturated carbocycles. The summed E-state index contributed by atoms with van der Waals surface area (Å²) in [4.78, 5) is 0. The first kappa shape index (κ1) is 31.8. The van der Waals surface area contributed by atoms with Crippen LogP contribution < -0.4 is 14.2 Å². The molecule has 41 heavy (non-hydrogen) atoms. The molecule has 1 heterocycles. The molecule has 3 aromatic rings. The van der Waals surface area contributed by atoms with E-state index in [9.17, 15) is 54.2 Å². The second-order valence-corrected chi connectivity index (χ2v) is 8.76. The Balaban J connectivity index is 2.18. The molecule has 0 aliphatic rings. The number of alkyl halides is 10. The summed E-state index contributed by atoms with van der Waals surface area (Å²) >= 11 is 0. The fourth-order valence-electron chi connectivity index (χ4n) is 4.28. The van der Waals surface area contributed by atoms with Gasteiger partial charge in [0.25, 0.3) is 5.60 Å². The summed E-state index contributed by atoms with van der Waals surface area (Å²) in [5, 5.41) is 21.4. The molecule has 1 unspecified atom stereocenters. The SMILES string of the molecule is CCc1c[n+]([O-])ccc1CC(c1ccc(C(O)(C(F)(F)F)C(F)(F)F)cc1)c1ccc(OC(F)F)c(OC(F)F)c1. The van der Waals surface area contributed by atoms with Gasteiger partial charge in [-0.2, -0.15) is 48.6 Å². The standard InChI is InChI=1S/C26H21F10NO4/c1-2-14-13-37(39)10-9-16(14)11-19(17-5-8-20(40-22(27)28)21(12-17)41-23(29)30)15-3-6-18(7-4-15)24(38,25(31,32)33)26(34,35)36/h3-10,12-13,19,22-23,38H,2,11H2,1H3. The van der Waals surface area contributed by atoms with Crippen molar-refractivity contribution in [2.24, 2.45) is 0 Å². The fourth-order valence-corrected chi connectivity index (χ4v) is 4.28. The van der Waals surface area contributed by atoms with E-state index in [0.717, 1.165) is 30.5 Å². The molecule has 15 heteroatoms. The van der Waals surface area contributed by atoms with Crippen molar-refractivity contribution < 1.29 is 63.2 Å². The van der Waals surface area contributed by atoms with E-state index in [0.29, 0.717) is 34.4 Å². The molecule has 1 N–H and O–H groups in total. The molecule has 0 spiro atoms. The van der Waals surface area contributed by atoms with Crippen LogP contribution in [0.25, 0.3) is 0 Å². The van der Waals surface area contributed by atoms with Crippen LogP contribution in [0.5, 0.6) is 11.5 Å². The van der Waals surface area contributed by atoms with Crippen LogP contribution >= 0.6 is 0 Å². The second-order valence-electron chi connectivity index (χ2n) is 8.76. The van der Waals surface area contributed by atoms with Gasteiger partial charge >= 0.3 is 25.6 Å². The fraction of sp³-hybridized carbons (Fsp3) is 0.346. The number of pyridine rings is 1. The summed E-state index contributed by atoms with van der Waals surface area (Å²) in [6.07, 6.45) is -9.58. The van der Waals surface area contributed by atoms with Crippen LogP contribution in [0.2, 0.25) is 0 Å². The lowest BCUT2D eigenvalue weighted by molar-refractivity contribution is -0.605. The Morgan fingerprint density at radius 2 is 1.32 bits per heavy atom. The minimum Gasteiger partial charge on any atom is -0.619 e. The summed E-state index contributed by atoms with van der Waals surface area (Å²) in [7, 11) is 0. The van der Waals surface area contributed by atoms with Crippen molar-refractivity contribution in [3.63, 3.8) is 0 Å². The Labute approximate surface area is 226 Å². The minimum absolute atomic E-state index is 0.0602. The average molecular weight is 601 g/mol. The Bertz CT molecular complexity index is 1310. The highest BCUT2D eigenvalue weighted by atomic mass is 19.4. The van der Waals surface area contributed by atoms with Crippen LogP contribution in [0.1, 0.15) is 40.7 Å². The zero-order valence-electron chi connectivity index (χ0n) is 20.8. The van der Waals surface area contributed by atoms with Gasteiger partial charge in [-0.15, -0.1) is 0 Å². The van der Waals surface area contributed by atoms with Gasteiger partial charge in [0.15, 0.2) is 23.9 Å². The van der Waals surface area contributed by atoms with Crippen LogP contribution in [-0.2, 0) is 18.4 Å². The first-order chi connectivity index (χ1) is 19.0. The lowest BCUT2D eigenvalue weighted by Gasteiger charge is -2.33. The monoisotopic (exact) mass is 601 g/mol. The first-order valence-electron chi connectivity index (χ1n) is 11.7. The third-order valence-corrected chi connectivity index (χ3v) is 6.28. The zero-order chi connectivity index (χ0) is 30.8. The number of aliphatic hydroxyl groups is 1. The topological polar surface area (TPSA) is 65.6 Å². The largest absolute Gasteiger partial charge is 0.619 e. The van der Waals surface area contributed by atoms with Gasteiger partial charge in [0.1, 0.15) is 0 Å². The molecule has 2 aromatic carbocycles. The molecule has 0 fully saturated rings. The molecule has 0 bridgehead atoms. The molecule has 0 aliphatic heterocycles. The number of hydrogen-bond acceptors (Lipinski definition) is 4. The van der Waals surface area contributed by atoms with E-state index in [1.165, 1.54) is 18.3 Å². The van der Waals surface area contributed by atoms with Crippen LogP contribution in [-0.4, -0.2) is 30.7 Å². The molecule has 1 atom stereocenters. The van der Waals surface area contributed by atoms with Crippen molar-refractivity contribution in [1.29, 1.82) is 0 Å². The summed E-state index contributed by atoms with van der Waals surface area (Å²) < 4.78 is 141. The summed E-state index contributed by atoms with van der Waals surface area (Å²) in [6.45, 7) is -5.15. The average Bonchev–Trinajstić information content (AvgIpc) is 2.86. The van der Waals surface area contributed by atoms with E-state index < -0.39 is 54.2 Å². The summed E-state index contributed by atoms with van der Waals surface area (Å²) in [5.74, 6) is -2.55. The molecular weight excluding hydrogens is 580 g/mol. The van der Waals surface area contributed by atoms with Gasteiger partial charge < -0.3 is 19.8 Å². The van der Waals surface area contributed by atoms with Crippen LogP contribution in [0.3, 0.4) is 0 Å². The molecule has 1 aromatic heterocycles. The van der Waals surface area contributed by atoms with Gasteiger partial charge in [-0.25, -0.2) is 0 Å². The number of aromatic nitrogens is 1. The van der Waals surface area contributed by atoms with E-state index >= 15 is 0 Å². The normalized spacial score (nSPS) is 13.5. The molecule has 0 saturated heterocycles. The Morgan fingerprint density at radius 3 is 1.83 bits per heavy atom. The minimum atomic E-state index is -6.12.